The molecule has 6 nitrogen and oxygen atoms in total. The first-order valence-electron chi connectivity index (χ1n) is 4.96. The molecule has 0 fully saturated rings. The Hall–Kier alpha value is -2.24. The Labute approximate surface area is 91.3 Å². The molecule has 0 spiro atoms. The van der Waals surface area contributed by atoms with Gasteiger partial charge < -0.3 is 0 Å². The van der Waals surface area contributed by atoms with E-state index < -0.39 is 0 Å². The highest BCUT2D eigenvalue weighted by molar-refractivity contribution is 5.79. The van der Waals surface area contributed by atoms with Gasteiger partial charge in [0.1, 0.15) is 0 Å². The summed E-state index contributed by atoms with van der Waals surface area (Å²) in [6.45, 7) is 0. The van der Waals surface area contributed by atoms with Crippen LogP contribution < -0.4 is 0 Å². The van der Waals surface area contributed by atoms with Crippen LogP contribution in [0.1, 0.15) is 11.4 Å². The molecule has 0 saturated heterocycles. The second-order valence-corrected chi connectivity index (χ2v) is 3.67. The molecule has 3 aromatic rings. The van der Waals surface area contributed by atoms with E-state index in [1.807, 2.05) is 17.9 Å². The number of tetrazole rings is 1. The highest BCUT2D eigenvalue weighted by atomic mass is 15.5. The Kier molecular flexibility index (Phi) is 1.92. The molecule has 16 heavy (non-hydrogen) atoms. The molecule has 3 rings (SSSR count). The van der Waals surface area contributed by atoms with Gasteiger partial charge in [-0.05, 0) is 17.7 Å². The van der Waals surface area contributed by atoms with Gasteiger partial charge in [0, 0.05) is 18.9 Å². The van der Waals surface area contributed by atoms with E-state index in [-0.39, 0.29) is 0 Å². The average molecular weight is 214 g/mol. The first-order valence-corrected chi connectivity index (χ1v) is 4.96. The summed E-state index contributed by atoms with van der Waals surface area (Å²) in [4.78, 5) is 0. The Morgan fingerprint density at radius 2 is 2.31 bits per heavy atom. The Balaban J connectivity index is 1.99. The third-order valence-electron chi connectivity index (χ3n) is 2.56. The number of aromatic amines is 1. The van der Waals surface area contributed by atoms with E-state index in [4.69, 9.17) is 0 Å². The molecule has 0 amide bonds. The van der Waals surface area contributed by atoms with E-state index in [0.717, 1.165) is 16.5 Å². The minimum atomic E-state index is 0.682. The largest absolute Gasteiger partial charge is 0.268 e. The number of nitrogens with one attached hydrogen (secondary N) is 1. The molecule has 1 N–H and O–H groups in total. The molecule has 1 aromatic carbocycles. The molecule has 0 aliphatic heterocycles. The highest BCUT2D eigenvalue weighted by Crippen LogP contribution is 2.16. The number of aromatic nitrogens is 6. The van der Waals surface area contributed by atoms with Crippen molar-refractivity contribution in [3.63, 3.8) is 0 Å². The summed E-state index contributed by atoms with van der Waals surface area (Å²) in [5.41, 5.74) is 2.28. The Bertz CT molecular complexity index is 609. The smallest absolute Gasteiger partial charge is 0.178 e. The summed E-state index contributed by atoms with van der Waals surface area (Å²) >= 11 is 0. The summed E-state index contributed by atoms with van der Waals surface area (Å²) in [5, 5.41) is 19.2. The maximum atomic E-state index is 4.20. The quantitative estimate of drug-likeness (QED) is 0.680. The molecule has 0 aliphatic carbocycles. The maximum Gasteiger partial charge on any atom is 0.178 e. The van der Waals surface area contributed by atoms with Crippen molar-refractivity contribution in [3.8, 4) is 0 Å². The zero-order valence-electron chi connectivity index (χ0n) is 8.75. The van der Waals surface area contributed by atoms with Crippen molar-refractivity contribution < 1.29 is 0 Å². The lowest BCUT2D eigenvalue weighted by atomic mass is 10.1. The monoisotopic (exact) mass is 214 g/mol. The lowest BCUT2D eigenvalue weighted by Gasteiger charge is -1.98. The third-order valence-corrected chi connectivity index (χ3v) is 2.56. The van der Waals surface area contributed by atoms with Gasteiger partial charge in [0.2, 0.25) is 0 Å². The molecule has 0 bridgehead atoms. The fourth-order valence-corrected chi connectivity index (χ4v) is 1.76. The van der Waals surface area contributed by atoms with Crippen LogP contribution in [-0.2, 0) is 13.5 Å². The second kappa shape index (κ2) is 3.41. The van der Waals surface area contributed by atoms with E-state index >= 15 is 0 Å². The molecule has 0 unspecified atom stereocenters. The zero-order chi connectivity index (χ0) is 11.0. The van der Waals surface area contributed by atoms with Crippen LogP contribution in [-0.4, -0.2) is 30.4 Å². The van der Waals surface area contributed by atoms with Crippen LogP contribution in [0.2, 0.25) is 0 Å². The molecule has 80 valence electrons. The van der Waals surface area contributed by atoms with Gasteiger partial charge in [-0.1, -0.05) is 11.3 Å². The number of hydrogen-bond donors (Lipinski definition) is 1. The number of H-pyrrole nitrogens is 1. The minimum Gasteiger partial charge on any atom is -0.268 e. The topological polar surface area (TPSA) is 72.3 Å². The van der Waals surface area contributed by atoms with Crippen molar-refractivity contribution >= 4 is 10.9 Å². The number of aryl methyl sites for hydroxylation is 1. The molecule has 6 heteroatoms. The molecule has 2 heterocycles. The number of benzene rings is 1. The summed E-state index contributed by atoms with van der Waals surface area (Å²) < 4.78 is 1.85. The van der Waals surface area contributed by atoms with Crippen molar-refractivity contribution in [2.75, 3.05) is 0 Å². The number of rotatable bonds is 2. The van der Waals surface area contributed by atoms with Gasteiger partial charge in [0.15, 0.2) is 5.82 Å². The fourth-order valence-electron chi connectivity index (χ4n) is 1.76. The second-order valence-electron chi connectivity index (χ2n) is 3.67. The van der Waals surface area contributed by atoms with Gasteiger partial charge in [-0.25, -0.2) is 0 Å². The highest BCUT2D eigenvalue weighted by Gasteiger charge is 2.04. The van der Waals surface area contributed by atoms with Crippen molar-refractivity contribution in [1.29, 1.82) is 0 Å². The summed E-state index contributed by atoms with van der Waals surface area (Å²) in [6, 6.07) is 6.21. The predicted molar refractivity (Wildman–Crippen MR) is 57.7 cm³/mol. The third kappa shape index (κ3) is 1.44. The molecule has 2 aromatic heterocycles. The summed E-state index contributed by atoms with van der Waals surface area (Å²) in [5.74, 6) is 0.697. The van der Waals surface area contributed by atoms with Crippen molar-refractivity contribution in [3.05, 3.63) is 35.8 Å². The van der Waals surface area contributed by atoms with Crippen LogP contribution in [0, 0.1) is 0 Å². The van der Waals surface area contributed by atoms with E-state index in [0.29, 0.717) is 12.2 Å². The van der Waals surface area contributed by atoms with Crippen LogP contribution in [0.5, 0.6) is 0 Å². The Morgan fingerprint density at radius 1 is 1.38 bits per heavy atom. The first-order chi connectivity index (χ1) is 7.83. The molecule has 0 aliphatic rings. The van der Waals surface area contributed by atoms with Gasteiger partial charge >= 0.3 is 0 Å². The fraction of sp³-hybridized carbons (Fsp3) is 0.200. The normalized spacial score (nSPS) is 11.1. The summed E-state index contributed by atoms with van der Waals surface area (Å²) in [7, 11) is 1.93. The van der Waals surface area contributed by atoms with Crippen LogP contribution in [0.4, 0.5) is 0 Å². The van der Waals surface area contributed by atoms with Gasteiger partial charge in [-0.2, -0.15) is 10.3 Å². The van der Waals surface area contributed by atoms with Crippen molar-refractivity contribution in [2.24, 2.45) is 7.05 Å². The van der Waals surface area contributed by atoms with E-state index in [2.05, 4.69) is 43.9 Å². The van der Waals surface area contributed by atoms with Crippen LogP contribution in [0.25, 0.3) is 10.9 Å². The first kappa shape index (κ1) is 9.02. The van der Waals surface area contributed by atoms with Crippen LogP contribution in [0.3, 0.4) is 0 Å². The lowest BCUT2D eigenvalue weighted by Crippen LogP contribution is -1.92. The average Bonchev–Trinajstić information content (AvgIpc) is 2.90. The number of fused-ring (bicyclic) bond motifs is 1. The standard InChI is InChI=1S/C10H10N6/c1-16-9-3-2-7(4-8(9)6-11-16)5-10-12-14-15-13-10/h2-4,6H,5H2,1H3,(H,12,13,14,15). The maximum absolute atomic E-state index is 4.20. The van der Waals surface area contributed by atoms with Crippen molar-refractivity contribution in [1.82, 2.24) is 30.4 Å². The molecule has 0 saturated carbocycles. The van der Waals surface area contributed by atoms with Gasteiger partial charge in [-0.3, -0.25) is 4.68 Å². The van der Waals surface area contributed by atoms with Crippen molar-refractivity contribution in [2.45, 2.75) is 6.42 Å². The van der Waals surface area contributed by atoms with Crippen LogP contribution in [0.15, 0.2) is 24.4 Å². The van der Waals surface area contributed by atoms with Crippen LogP contribution >= 0.6 is 0 Å². The predicted octanol–water partition coefficient (Wildman–Crippen LogP) is 0.677. The Morgan fingerprint density at radius 3 is 3.12 bits per heavy atom. The van der Waals surface area contributed by atoms with E-state index in [1.165, 1.54) is 0 Å². The molecule has 0 atom stereocenters. The van der Waals surface area contributed by atoms with Gasteiger partial charge in [-0.15, -0.1) is 10.2 Å². The lowest BCUT2D eigenvalue weighted by molar-refractivity contribution is 0.797. The van der Waals surface area contributed by atoms with E-state index in [1.54, 1.807) is 0 Å². The number of hydrogen-bond acceptors (Lipinski definition) is 4. The van der Waals surface area contributed by atoms with Gasteiger partial charge in [0.05, 0.1) is 11.7 Å². The molecular weight excluding hydrogens is 204 g/mol. The molecule has 0 radical (unpaired) electrons. The van der Waals surface area contributed by atoms with Gasteiger partial charge in [0.25, 0.3) is 0 Å². The minimum absolute atomic E-state index is 0.682. The zero-order valence-corrected chi connectivity index (χ0v) is 8.75. The number of nitrogens with zero attached hydrogens (tertiary/aromatic N) is 5. The SMILES string of the molecule is Cn1ncc2cc(Cc3nn[nH]n3)ccc21. The molecular formula is C10H10N6. The van der Waals surface area contributed by atoms with E-state index in [9.17, 15) is 0 Å². The summed E-state index contributed by atoms with van der Waals surface area (Å²) in [6.07, 6.45) is 2.54.